The third-order valence-electron chi connectivity index (χ3n) is 3.59. The number of methoxy groups -OCH3 is 1. The molecular weight excluding hydrogens is 280 g/mol. The lowest BCUT2D eigenvalue weighted by molar-refractivity contribution is 0.0935. The summed E-state index contributed by atoms with van der Waals surface area (Å²) in [7, 11) is 3.25. The van der Waals surface area contributed by atoms with Crippen LogP contribution in [0.2, 0.25) is 0 Å². The molecule has 0 bridgehead atoms. The van der Waals surface area contributed by atoms with E-state index in [-0.39, 0.29) is 17.5 Å². The Morgan fingerprint density at radius 3 is 2.68 bits per heavy atom. The van der Waals surface area contributed by atoms with E-state index in [0.29, 0.717) is 5.56 Å². The number of rotatable bonds is 5. The minimum atomic E-state index is -0.268. The molecule has 1 N–H and O–H groups in total. The van der Waals surface area contributed by atoms with E-state index in [1.54, 1.807) is 26.4 Å². The number of aromatic nitrogens is 1. The number of hydrogen-bond donors (Lipinski definition) is 1. The highest BCUT2D eigenvalue weighted by Gasteiger charge is 2.17. The number of carbonyl (C=O) groups is 1. The van der Waals surface area contributed by atoms with Crippen LogP contribution in [0.1, 0.15) is 35.3 Å². The third kappa shape index (κ3) is 3.36. The summed E-state index contributed by atoms with van der Waals surface area (Å²) in [6, 6.07) is 10.4. The van der Waals surface area contributed by atoms with Gasteiger partial charge in [-0.05, 0) is 18.6 Å². The molecule has 1 amide bonds. The second-order valence-corrected chi connectivity index (χ2v) is 5.04. The lowest BCUT2D eigenvalue weighted by atomic mass is 10.0. The lowest BCUT2D eigenvalue weighted by Gasteiger charge is -2.20. The second-order valence-electron chi connectivity index (χ2n) is 5.04. The van der Waals surface area contributed by atoms with Crippen molar-refractivity contribution in [3.63, 3.8) is 0 Å². The lowest BCUT2D eigenvalue weighted by Crippen LogP contribution is -2.30. The highest BCUT2D eigenvalue weighted by atomic mass is 16.5. The summed E-state index contributed by atoms with van der Waals surface area (Å²) in [5.74, 6) is 0.467. The van der Waals surface area contributed by atoms with Gasteiger partial charge in [-0.15, -0.1) is 0 Å². The van der Waals surface area contributed by atoms with Crippen molar-refractivity contribution in [1.29, 1.82) is 0 Å². The number of ether oxygens (including phenoxy) is 1. The van der Waals surface area contributed by atoms with Crippen LogP contribution in [-0.4, -0.2) is 17.6 Å². The molecule has 0 saturated carbocycles. The van der Waals surface area contributed by atoms with Gasteiger partial charge < -0.3 is 14.6 Å². The molecule has 0 aliphatic rings. The van der Waals surface area contributed by atoms with Crippen LogP contribution in [0.15, 0.2) is 47.4 Å². The zero-order valence-corrected chi connectivity index (χ0v) is 13.0. The molecule has 22 heavy (non-hydrogen) atoms. The fourth-order valence-corrected chi connectivity index (χ4v) is 2.29. The van der Waals surface area contributed by atoms with Gasteiger partial charge >= 0.3 is 0 Å². The van der Waals surface area contributed by atoms with Crippen molar-refractivity contribution in [2.24, 2.45) is 7.05 Å². The van der Waals surface area contributed by atoms with Gasteiger partial charge in [0.2, 0.25) is 0 Å². The molecule has 116 valence electrons. The van der Waals surface area contributed by atoms with Crippen LogP contribution >= 0.6 is 0 Å². The SMILES string of the molecule is CCC(NC(=O)c1ccn(C)c(=O)c1)c1ccccc1OC. The number of benzene rings is 1. The molecule has 0 spiro atoms. The van der Waals surface area contributed by atoms with Gasteiger partial charge in [0, 0.05) is 30.4 Å². The minimum absolute atomic E-state index is 0.173. The van der Waals surface area contributed by atoms with E-state index in [4.69, 9.17) is 4.74 Å². The summed E-state index contributed by atoms with van der Waals surface area (Å²) >= 11 is 0. The number of amides is 1. The van der Waals surface area contributed by atoms with Gasteiger partial charge in [-0.3, -0.25) is 9.59 Å². The number of hydrogen-bond acceptors (Lipinski definition) is 3. The van der Waals surface area contributed by atoms with Crippen LogP contribution in [0, 0.1) is 0 Å². The standard InChI is InChI=1S/C17H20N2O3/c1-4-14(13-7-5-6-8-15(13)22-3)18-17(21)12-9-10-19(2)16(20)11-12/h5-11,14H,4H2,1-3H3,(H,18,21). The topological polar surface area (TPSA) is 60.3 Å². The first-order chi connectivity index (χ1) is 10.6. The number of aryl methyl sites for hydroxylation is 1. The molecule has 5 heteroatoms. The van der Waals surface area contributed by atoms with Crippen LogP contribution in [-0.2, 0) is 7.05 Å². The third-order valence-corrected chi connectivity index (χ3v) is 3.59. The number of pyridine rings is 1. The molecule has 5 nitrogen and oxygen atoms in total. The van der Waals surface area contributed by atoms with Crippen molar-refractivity contribution in [3.05, 3.63) is 64.1 Å². The predicted molar refractivity (Wildman–Crippen MR) is 85.2 cm³/mol. The zero-order valence-electron chi connectivity index (χ0n) is 13.0. The molecule has 0 aliphatic carbocycles. The molecule has 0 saturated heterocycles. The van der Waals surface area contributed by atoms with Crippen LogP contribution in [0.25, 0.3) is 0 Å². The largest absolute Gasteiger partial charge is 0.496 e. The molecule has 1 unspecified atom stereocenters. The molecule has 1 aromatic heterocycles. The number of nitrogens with one attached hydrogen (secondary N) is 1. The molecule has 0 aliphatic heterocycles. The predicted octanol–water partition coefficient (Wildman–Crippen LogP) is 2.28. The molecule has 2 aromatic rings. The van der Waals surface area contributed by atoms with E-state index < -0.39 is 0 Å². The van der Waals surface area contributed by atoms with E-state index in [0.717, 1.165) is 17.7 Å². The Labute approximate surface area is 129 Å². The summed E-state index contributed by atoms with van der Waals surface area (Å²) in [6.07, 6.45) is 2.30. The van der Waals surface area contributed by atoms with Crippen LogP contribution in [0.3, 0.4) is 0 Å². The van der Waals surface area contributed by atoms with Crippen molar-refractivity contribution in [2.45, 2.75) is 19.4 Å². The summed E-state index contributed by atoms with van der Waals surface area (Å²) < 4.78 is 6.77. The Hall–Kier alpha value is -2.56. The highest BCUT2D eigenvalue weighted by Crippen LogP contribution is 2.26. The van der Waals surface area contributed by atoms with Crippen LogP contribution < -0.4 is 15.6 Å². The molecule has 1 aromatic carbocycles. The second kappa shape index (κ2) is 6.93. The summed E-state index contributed by atoms with van der Waals surface area (Å²) in [4.78, 5) is 24.0. The molecule has 0 radical (unpaired) electrons. The quantitative estimate of drug-likeness (QED) is 0.921. The molecule has 0 fully saturated rings. The van der Waals surface area contributed by atoms with Crippen molar-refractivity contribution in [3.8, 4) is 5.75 Å². The zero-order chi connectivity index (χ0) is 16.1. The Kier molecular flexibility index (Phi) is 4.99. The van der Waals surface area contributed by atoms with Crippen LogP contribution in [0.4, 0.5) is 0 Å². The summed E-state index contributed by atoms with van der Waals surface area (Å²) in [5.41, 5.74) is 1.07. The van der Waals surface area contributed by atoms with Crippen molar-refractivity contribution in [1.82, 2.24) is 9.88 Å². The maximum atomic E-state index is 12.4. The molecular formula is C17H20N2O3. The average molecular weight is 300 g/mol. The van der Waals surface area contributed by atoms with Crippen molar-refractivity contribution >= 4 is 5.91 Å². The van der Waals surface area contributed by atoms with Gasteiger partial charge in [0.05, 0.1) is 13.2 Å². The maximum absolute atomic E-state index is 12.4. The van der Waals surface area contributed by atoms with Gasteiger partial charge in [0.25, 0.3) is 11.5 Å². The number of carbonyl (C=O) groups excluding carboxylic acids is 1. The molecule has 1 atom stereocenters. The highest BCUT2D eigenvalue weighted by molar-refractivity contribution is 5.94. The first-order valence-corrected chi connectivity index (χ1v) is 7.17. The fourth-order valence-electron chi connectivity index (χ4n) is 2.29. The van der Waals surface area contributed by atoms with E-state index in [2.05, 4.69) is 5.32 Å². The van der Waals surface area contributed by atoms with Gasteiger partial charge in [0.15, 0.2) is 0 Å². The van der Waals surface area contributed by atoms with Gasteiger partial charge in [0.1, 0.15) is 5.75 Å². The van der Waals surface area contributed by atoms with Crippen molar-refractivity contribution in [2.75, 3.05) is 7.11 Å². The van der Waals surface area contributed by atoms with E-state index in [1.807, 2.05) is 31.2 Å². The number of nitrogens with zero attached hydrogens (tertiary/aromatic N) is 1. The Balaban J connectivity index is 2.24. The first-order valence-electron chi connectivity index (χ1n) is 7.17. The van der Waals surface area contributed by atoms with E-state index in [1.165, 1.54) is 10.6 Å². The minimum Gasteiger partial charge on any atom is -0.496 e. The summed E-state index contributed by atoms with van der Waals surface area (Å²) in [5, 5.41) is 2.95. The Bertz CT molecular complexity index is 722. The van der Waals surface area contributed by atoms with Crippen LogP contribution in [0.5, 0.6) is 5.75 Å². The smallest absolute Gasteiger partial charge is 0.252 e. The molecule has 1 heterocycles. The monoisotopic (exact) mass is 300 g/mol. The van der Waals surface area contributed by atoms with Gasteiger partial charge in [-0.25, -0.2) is 0 Å². The first kappa shape index (κ1) is 15.8. The summed E-state index contributed by atoms with van der Waals surface area (Å²) in [6.45, 7) is 1.99. The fraction of sp³-hybridized carbons (Fsp3) is 0.294. The van der Waals surface area contributed by atoms with Gasteiger partial charge in [-0.2, -0.15) is 0 Å². The Morgan fingerprint density at radius 2 is 2.05 bits per heavy atom. The van der Waals surface area contributed by atoms with E-state index in [9.17, 15) is 9.59 Å². The normalized spacial score (nSPS) is 11.8. The maximum Gasteiger partial charge on any atom is 0.252 e. The Morgan fingerprint density at radius 1 is 1.32 bits per heavy atom. The number of para-hydroxylation sites is 1. The van der Waals surface area contributed by atoms with Crippen molar-refractivity contribution < 1.29 is 9.53 Å². The van der Waals surface area contributed by atoms with Gasteiger partial charge in [-0.1, -0.05) is 25.1 Å². The average Bonchev–Trinajstić information content (AvgIpc) is 2.54. The molecule has 2 rings (SSSR count). The van der Waals surface area contributed by atoms with E-state index >= 15 is 0 Å².